The van der Waals surface area contributed by atoms with Crippen molar-refractivity contribution in [3.8, 4) is 6.07 Å². The third kappa shape index (κ3) is 2.68. The Kier molecular flexibility index (Phi) is 3.95. The smallest absolute Gasteiger partial charge is 0.146 e. The van der Waals surface area contributed by atoms with E-state index < -0.39 is 0 Å². The molecule has 0 unspecified atom stereocenters. The highest BCUT2D eigenvalue weighted by Gasteiger charge is 2.05. The summed E-state index contributed by atoms with van der Waals surface area (Å²) in [4.78, 5) is 4.17. The molecule has 0 aliphatic heterocycles. The zero-order valence-corrected chi connectivity index (χ0v) is 11.5. The minimum Gasteiger partial charge on any atom is -0.377 e. The maximum atomic E-state index is 9.03. The molecule has 0 aliphatic rings. The van der Waals surface area contributed by atoms with Gasteiger partial charge < -0.3 is 5.32 Å². The lowest BCUT2D eigenvalue weighted by Gasteiger charge is -2.08. The number of nitrogens with zero attached hydrogens (tertiary/aromatic N) is 4. The normalized spacial score (nSPS) is 10.1. The summed E-state index contributed by atoms with van der Waals surface area (Å²) in [5, 5.41) is 16.3. The highest BCUT2D eigenvalue weighted by Crippen LogP contribution is 2.21. The summed E-state index contributed by atoms with van der Waals surface area (Å²) in [6.07, 6.45) is 1.53. The van der Waals surface area contributed by atoms with Gasteiger partial charge in [-0.05, 0) is 25.1 Å². The molecule has 1 aromatic carbocycles. The van der Waals surface area contributed by atoms with Crippen LogP contribution in [0, 0.1) is 11.3 Å². The fourth-order valence-corrected chi connectivity index (χ4v) is 1.98. The van der Waals surface area contributed by atoms with Crippen LogP contribution < -0.4 is 5.32 Å². The van der Waals surface area contributed by atoms with E-state index in [0.717, 1.165) is 22.5 Å². The third-order valence-corrected chi connectivity index (χ3v) is 3.03. The molecule has 6 heteroatoms. The van der Waals surface area contributed by atoms with Crippen LogP contribution in [0.25, 0.3) is 0 Å². The Morgan fingerprint density at radius 3 is 3.06 bits per heavy atom. The van der Waals surface area contributed by atoms with Gasteiger partial charge in [0.1, 0.15) is 18.2 Å². The number of nitrogens with one attached hydrogen (secondary N) is 1. The van der Waals surface area contributed by atoms with Crippen molar-refractivity contribution in [2.45, 2.75) is 20.0 Å². The van der Waals surface area contributed by atoms with Crippen LogP contribution in [0.5, 0.6) is 0 Å². The number of benzene rings is 1. The van der Waals surface area contributed by atoms with Gasteiger partial charge in [0.05, 0.1) is 17.8 Å². The van der Waals surface area contributed by atoms with E-state index in [0.29, 0.717) is 12.1 Å². The molecular formula is C12H12BrN5. The molecule has 1 N–H and O–H groups in total. The molecule has 18 heavy (non-hydrogen) atoms. The Morgan fingerprint density at radius 1 is 1.50 bits per heavy atom. The first-order valence-electron chi connectivity index (χ1n) is 5.54. The van der Waals surface area contributed by atoms with Crippen molar-refractivity contribution in [3.05, 3.63) is 40.4 Å². The quantitative estimate of drug-likeness (QED) is 0.942. The first-order valence-corrected chi connectivity index (χ1v) is 6.34. The number of aryl methyl sites for hydroxylation is 1. The van der Waals surface area contributed by atoms with Gasteiger partial charge in [0.15, 0.2) is 0 Å². The van der Waals surface area contributed by atoms with E-state index in [1.54, 1.807) is 6.07 Å². The molecule has 0 saturated carbocycles. The highest BCUT2D eigenvalue weighted by atomic mass is 79.9. The molecule has 0 bridgehead atoms. The van der Waals surface area contributed by atoms with Crippen LogP contribution in [0.15, 0.2) is 29.0 Å². The van der Waals surface area contributed by atoms with E-state index in [2.05, 4.69) is 37.4 Å². The SMILES string of the molecule is CCn1ncnc1CNc1cc(Br)ccc1C#N. The minimum absolute atomic E-state index is 0.541. The summed E-state index contributed by atoms with van der Waals surface area (Å²) in [6.45, 7) is 3.33. The van der Waals surface area contributed by atoms with Gasteiger partial charge in [0, 0.05) is 11.0 Å². The number of rotatable bonds is 4. The summed E-state index contributed by atoms with van der Waals surface area (Å²) >= 11 is 3.39. The van der Waals surface area contributed by atoms with Gasteiger partial charge in [-0.1, -0.05) is 15.9 Å². The second kappa shape index (κ2) is 5.65. The van der Waals surface area contributed by atoms with Gasteiger partial charge in [0.25, 0.3) is 0 Å². The molecule has 2 rings (SSSR count). The zero-order valence-electron chi connectivity index (χ0n) is 9.89. The van der Waals surface area contributed by atoms with Gasteiger partial charge in [0.2, 0.25) is 0 Å². The Labute approximate surface area is 114 Å². The van der Waals surface area contributed by atoms with Gasteiger partial charge in [-0.2, -0.15) is 10.4 Å². The van der Waals surface area contributed by atoms with Gasteiger partial charge in [-0.3, -0.25) is 0 Å². The average molecular weight is 306 g/mol. The van der Waals surface area contributed by atoms with Crippen molar-refractivity contribution in [3.63, 3.8) is 0 Å². The van der Waals surface area contributed by atoms with Crippen molar-refractivity contribution in [2.75, 3.05) is 5.32 Å². The Morgan fingerprint density at radius 2 is 2.33 bits per heavy atom. The molecule has 1 aromatic heterocycles. The molecular weight excluding hydrogens is 294 g/mol. The van der Waals surface area contributed by atoms with Crippen LogP contribution in [0.4, 0.5) is 5.69 Å². The van der Waals surface area contributed by atoms with Crippen molar-refractivity contribution >= 4 is 21.6 Å². The van der Waals surface area contributed by atoms with Gasteiger partial charge >= 0.3 is 0 Å². The van der Waals surface area contributed by atoms with E-state index in [1.165, 1.54) is 6.33 Å². The molecule has 0 amide bonds. The summed E-state index contributed by atoms with van der Waals surface area (Å²) in [6, 6.07) is 7.66. The third-order valence-electron chi connectivity index (χ3n) is 2.53. The summed E-state index contributed by atoms with van der Waals surface area (Å²) in [5.74, 6) is 0.848. The summed E-state index contributed by atoms with van der Waals surface area (Å²) < 4.78 is 2.75. The molecule has 2 aromatic rings. The van der Waals surface area contributed by atoms with Crippen molar-refractivity contribution < 1.29 is 0 Å². The lowest BCUT2D eigenvalue weighted by molar-refractivity contribution is 0.622. The largest absolute Gasteiger partial charge is 0.377 e. The topological polar surface area (TPSA) is 66.5 Å². The average Bonchev–Trinajstić information content (AvgIpc) is 2.84. The van der Waals surface area contributed by atoms with Gasteiger partial charge in [-0.15, -0.1) is 0 Å². The van der Waals surface area contributed by atoms with Crippen LogP contribution in [0.1, 0.15) is 18.3 Å². The van der Waals surface area contributed by atoms with Crippen LogP contribution in [-0.2, 0) is 13.1 Å². The maximum Gasteiger partial charge on any atom is 0.146 e. The standard InChI is InChI=1S/C12H12BrN5/c1-2-18-12(16-8-17-18)7-15-11-5-10(13)4-3-9(11)6-14/h3-5,8,15H,2,7H2,1H3. The maximum absolute atomic E-state index is 9.03. The van der Waals surface area contributed by atoms with E-state index in [-0.39, 0.29) is 0 Å². The molecule has 0 atom stereocenters. The van der Waals surface area contributed by atoms with E-state index in [1.807, 2.05) is 23.7 Å². The fraction of sp³-hybridized carbons (Fsp3) is 0.250. The number of hydrogen-bond donors (Lipinski definition) is 1. The molecule has 1 heterocycles. The second-order valence-electron chi connectivity index (χ2n) is 3.65. The minimum atomic E-state index is 0.541. The second-order valence-corrected chi connectivity index (χ2v) is 4.56. The molecule has 0 fully saturated rings. The Balaban J connectivity index is 2.15. The molecule has 0 aliphatic carbocycles. The predicted octanol–water partition coefficient (Wildman–Crippen LogP) is 2.54. The number of halogens is 1. The summed E-state index contributed by atoms with van der Waals surface area (Å²) in [7, 11) is 0. The number of aromatic nitrogens is 3. The number of anilines is 1. The van der Waals surface area contributed by atoms with Crippen LogP contribution in [0.2, 0.25) is 0 Å². The molecule has 0 saturated heterocycles. The van der Waals surface area contributed by atoms with Crippen molar-refractivity contribution in [1.82, 2.24) is 14.8 Å². The van der Waals surface area contributed by atoms with Crippen molar-refractivity contribution in [2.24, 2.45) is 0 Å². The molecule has 0 spiro atoms. The van der Waals surface area contributed by atoms with E-state index in [4.69, 9.17) is 5.26 Å². The Bertz CT molecular complexity index is 584. The first kappa shape index (κ1) is 12.6. The Hall–Kier alpha value is -1.87. The number of nitriles is 1. The zero-order chi connectivity index (χ0) is 13.0. The molecule has 0 radical (unpaired) electrons. The van der Waals surface area contributed by atoms with Crippen molar-refractivity contribution in [1.29, 1.82) is 5.26 Å². The van der Waals surface area contributed by atoms with Gasteiger partial charge in [-0.25, -0.2) is 9.67 Å². The van der Waals surface area contributed by atoms with E-state index >= 15 is 0 Å². The van der Waals surface area contributed by atoms with Crippen LogP contribution >= 0.6 is 15.9 Å². The van der Waals surface area contributed by atoms with Crippen LogP contribution in [-0.4, -0.2) is 14.8 Å². The first-order chi connectivity index (χ1) is 8.74. The lowest BCUT2D eigenvalue weighted by atomic mass is 10.2. The van der Waals surface area contributed by atoms with E-state index in [9.17, 15) is 0 Å². The van der Waals surface area contributed by atoms with Crippen LogP contribution in [0.3, 0.4) is 0 Å². The predicted molar refractivity (Wildman–Crippen MR) is 71.9 cm³/mol. The highest BCUT2D eigenvalue weighted by molar-refractivity contribution is 9.10. The lowest BCUT2D eigenvalue weighted by Crippen LogP contribution is -2.09. The molecule has 5 nitrogen and oxygen atoms in total. The monoisotopic (exact) mass is 305 g/mol. The summed E-state index contributed by atoms with van der Waals surface area (Å²) in [5.41, 5.74) is 1.40. The molecule has 92 valence electrons. The fourth-order valence-electron chi connectivity index (χ4n) is 1.62. The number of hydrogen-bond acceptors (Lipinski definition) is 4.